The van der Waals surface area contributed by atoms with Gasteiger partial charge in [0.05, 0.1) is 11.4 Å². The van der Waals surface area contributed by atoms with Gasteiger partial charge < -0.3 is 20.7 Å². The Morgan fingerprint density at radius 1 is 1.20 bits per heavy atom. The summed E-state index contributed by atoms with van der Waals surface area (Å²) in [5.74, 6) is -3.71. The highest BCUT2D eigenvalue weighted by Crippen LogP contribution is 2.39. The van der Waals surface area contributed by atoms with Crippen molar-refractivity contribution in [3.05, 3.63) is 71.8 Å². The van der Waals surface area contributed by atoms with Crippen LogP contribution in [0.3, 0.4) is 0 Å². The highest BCUT2D eigenvalue weighted by Gasteiger charge is 2.42. The molecule has 1 saturated heterocycles. The number of carbonyl (C=O) groups is 1. The maximum atomic E-state index is 15.6. The van der Waals surface area contributed by atoms with Crippen LogP contribution in [0.4, 0.5) is 19.0 Å². The Hall–Kier alpha value is -4.96. The van der Waals surface area contributed by atoms with Gasteiger partial charge in [-0.2, -0.15) is 14.8 Å². The van der Waals surface area contributed by atoms with Gasteiger partial charge in [0.1, 0.15) is 41.0 Å². The average molecular weight is 617 g/mol. The molecule has 10 nitrogen and oxygen atoms in total. The molecule has 1 amide bonds. The number of amides is 1. The Labute approximate surface area is 257 Å². The van der Waals surface area contributed by atoms with E-state index in [2.05, 4.69) is 21.4 Å². The maximum Gasteiger partial charge on any atom is 0.264 e. The van der Waals surface area contributed by atoms with Crippen molar-refractivity contribution in [1.29, 1.82) is 5.26 Å². The molecule has 0 bridgehead atoms. The summed E-state index contributed by atoms with van der Waals surface area (Å²) in [7, 11) is 0. The second-order valence-electron chi connectivity index (χ2n) is 11.7. The van der Waals surface area contributed by atoms with Gasteiger partial charge in [-0.15, -0.1) is 0 Å². The molecular formula is C32H31F3N8O2. The van der Waals surface area contributed by atoms with Crippen LogP contribution >= 0.6 is 0 Å². The van der Waals surface area contributed by atoms with Crippen LogP contribution in [-0.4, -0.2) is 55.2 Å². The zero-order chi connectivity index (χ0) is 31.9. The summed E-state index contributed by atoms with van der Waals surface area (Å²) in [5, 5.41) is 18.4. The molecule has 6 rings (SSSR count). The molecule has 0 spiro atoms. The first-order valence-electron chi connectivity index (χ1n) is 14.7. The number of rotatable bonds is 8. The largest absolute Gasteiger partial charge is 0.454 e. The third-order valence-corrected chi connectivity index (χ3v) is 8.02. The van der Waals surface area contributed by atoms with Gasteiger partial charge in [0.2, 0.25) is 5.82 Å². The van der Waals surface area contributed by atoms with Crippen molar-refractivity contribution in [3.8, 4) is 28.8 Å². The molecule has 2 aromatic carbocycles. The summed E-state index contributed by atoms with van der Waals surface area (Å²) >= 11 is 0. The minimum atomic E-state index is -1.19. The number of nitrogen functional groups attached to an aromatic ring is 1. The number of ether oxygens (including phenoxy) is 1. The third-order valence-electron chi connectivity index (χ3n) is 8.02. The molecule has 3 heterocycles. The summed E-state index contributed by atoms with van der Waals surface area (Å²) in [6.45, 7) is 4.79. The van der Waals surface area contributed by atoms with Crippen molar-refractivity contribution >= 4 is 22.8 Å². The van der Waals surface area contributed by atoms with Gasteiger partial charge in [-0.05, 0) is 56.0 Å². The van der Waals surface area contributed by atoms with Gasteiger partial charge in [0, 0.05) is 36.3 Å². The zero-order valence-electron chi connectivity index (χ0n) is 24.7. The number of fused-ring (bicyclic) bond motifs is 1. The van der Waals surface area contributed by atoms with Gasteiger partial charge in [0.15, 0.2) is 17.2 Å². The van der Waals surface area contributed by atoms with Crippen molar-refractivity contribution in [3.63, 3.8) is 0 Å². The highest BCUT2D eigenvalue weighted by atomic mass is 19.2. The number of anilines is 1. The van der Waals surface area contributed by atoms with E-state index >= 15 is 4.39 Å². The molecule has 1 aliphatic carbocycles. The summed E-state index contributed by atoms with van der Waals surface area (Å²) in [6, 6.07) is 9.29. The molecule has 2 aliphatic rings. The van der Waals surface area contributed by atoms with Crippen LogP contribution in [0.2, 0.25) is 0 Å². The van der Waals surface area contributed by atoms with Crippen molar-refractivity contribution in [2.24, 2.45) is 0 Å². The number of hydrogen-bond acceptors (Lipinski definition) is 8. The number of likely N-dealkylation sites (tertiary alicyclic amines) is 1. The lowest BCUT2D eigenvalue weighted by molar-refractivity contribution is -0.128. The Bertz CT molecular complexity index is 1860. The number of aromatic nitrogens is 4. The lowest BCUT2D eigenvalue weighted by atomic mass is 10.0. The molecule has 0 radical (unpaired) electrons. The number of nitrogens with zero attached hydrogens (tertiary/aromatic N) is 6. The summed E-state index contributed by atoms with van der Waals surface area (Å²) in [5.41, 5.74) is 6.62. The van der Waals surface area contributed by atoms with Crippen molar-refractivity contribution in [2.75, 3.05) is 18.8 Å². The molecule has 2 aromatic heterocycles. The molecule has 45 heavy (non-hydrogen) atoms. The van der Waals surface area contributed by atoms with Crippen LogP contribution < -0.4 is 15.8 Å². The van der Waals surface area contributed by atoms with E-state index in [0.29, 0.717) is 30.4 Å². The van der Waals surface area contributed by atoms with Crippen LogP contribution in [-0.2, 0) is 4.79 Å². The lowest BCUT2D eigenvalue weighted by Crippen LogP contribution is -2.42. The predicted octanol–water partition coefficient (Wildman–Crippen LogP) is 5.43. The van der Waals surface area contributed by atoms with E-state index < -0.39 is 17.5 Å². The van der Waals surface area contributed by atoms with E-state index in [9.17, 15) is 18.8 Å². The number of halogens is 3. The molecule has 0 unspecified atom stereocenters. The van der Waals surface area contributed by atoms with Crippen molar-refractivity contribution in [2.45, 2.75) is 57.2 Å². The van der Waals surface area contributed by atoms with E-state index in [1.54, 1.807) is 15.7 Å². The number of nitriles is 1. The Morgan fingerprint density at radius 2 is 2.00 bits per heavy atom. The van der Waals surface area contributed by atoms with Crippen LogP contribution in [0, 0.1) is 28.8 Å². The number of nitrogens with two attached hydrogens (primary N) is 1. The number of hydrogen-bond donors (Lipinski definition) is 2. The molecule has 1 aliphatic heterocycles. The first kappa shape index (κ1) is 30.1. The van der Waals surface area contributed by atoms with E-state index in [1.807, 2.05) is 13.8 Å². The highest BCUT2D eigenvalue weighted by molar-refractivity contribution is 5.99. The van der Waals surface area contributed by atoms with E-state index in [-0.39, 0.29) is 64.2 Å². The molecule has 1 atom stereocenters. The summed E-state index contributed by atoms with van der Waals surface area (Å²) in [4.78, 5) is 23.6. The molecule has 4 aromatic rings. The number of benzene rings is 2. The Balaban J connectivity index is 1.30. The fraction of sp³-hybridized carbons (Fsp3) is 0.344. The van der Waals surface area contributed by atoms with Crippen molar-refractivity contribution in [1.82, 2.24) is 30.0 Å². The topological polar surface area (TPSA) is 135 Å². The third kappa shape index (κ3) is 5.93. The van der Waals surface area contributed by atoms with Gasteiger partial charge in [-0.25, -0.2) is 23.4 Å². The molecule has 2 fully saturated rings. The summed E-state index contributed by atoms with van der Waals surface area (Å²) in [6.07, 6.45) is 6.08. The van der Waals surface area contributed by atoms with Crippen LogP contribution in [0.15, 0.2) is 54.4 Å². The number of piperidine rings is 1. The van der Waals surface area contributed by atoms with Gasteiger partial charge in [-0.1, -0.05) is 19.9 Å². The maximum absolute atomic E-state index is 15.6. The fourth-order valence-corrected chi connectivity index (χ4v) is 5.85. The number of carbonyl (C=O) groups excluding carboxylic acids is 1. The van der Waals surface area contributed by atoms with Gasteiger partial charge >= 0.3 is 0 Å². The molecular weight excluding hydrogens is 585 g/mol. The second-order valence-corrected chi connectivity index (χ2v) is 11.7. The van der Waals surface area contributed by atoms with E-state index in [4.69, 9.17) is 15.6 Å². The van der Waals surface area contributed by atoms with E-state index in [1.165, 1.54) is 30.6 Å². The van der Waals surface area contributed by atoms with Crippen molar-refractivity contribution < 1.29 is 22.7 Å². The average Bonchev–Trinajstić information content (AvgIpc) is 3.65. The van der Waals surface area contributed by atoms with Crippen LogP contribution in [0.25, 0.3) is 22.3 Å². The Kier molecular flexibility index (Phi) is 7.92. The zero-order valence-corrected chi connectivity index (χ0v) is 24.7. The SMILES string of the molecule is CC(C)NC1(C=C(C#N)C(=O)N2CCC[C@@H](n3nc(-c4ccc(Oc5cccc(F)c5F)cc4F)c4c(N)ncnc43)C2)CC1. The monoisotopic (exact) mass is 616 g/mol. The summed E-state index contributed by atoms with van der Waals surface area (Å²) < 4.78 is 50.3. The quantitative estimate of drug-likeness (QED) is 0.198. The predicted molar refractivity (Wildman–Crippen MR) is 160 cm³/mol. The standard InChI is InChI=1S/C32H31F3N8O2/c1-18(2)40-32(10-11-32)14-19(15-36)31(44)42-12-4-5-20(16-42)43-30-26(29(37)38-17-39-30)28(41-43)22-9-8-21(13-24(22)34)45-25-7-3-6-23(33)27(25)35/h3,6-9,13-14,17-18,20,40H,4-5,10-12,16H2,1-2H3,(H2,37,38,39)/t20-/m1/s1. The molecule has 1 saturated carbocycles. The minimum Gasteiger partial charge on any atom is -0.454 e. The smallest absolute Gasteiger partial charge is 0.264 e. The fourth-order valence-electron chi connectivity index (χ4n) is 5.85. The van der Waals surface area contributed by atoms with Crippen LogP contribution in [0.1, 0.15) is 45.6 Å². The number of nitrogens with one attached hydrogen (secondary N) is 1. The van der Waals surface area contributed by atoms with E-state index in [0.717, 1.165) is 25.0 Å². The van der Waals surface area contributed by atoms with Gasteiger partial charge in [0.25, 0.3) is 5.91 Å². The normalized spacial score (nSPS) is 17.8. The first-order chi connectivity index (χ1) is 21.6. The lowest BCUT2D eigenvalue weighted by Gasteiger charge is -2.33. The van der Waals surface area contributed by atoms with Gasteiger partial charge in [-0.3, -0.25) is 4.79 Å². The molecule has 232 valence electrons. The molecule has 13 heteroatoms. The molecule has 3 N–H and O–H groups in total. The first-order valence-corrected chi connectivity index (χ1v) is 14.7. The Morgan fingerprint density at radius 3 is 2.71 bits per heavy atom. The van der Waals surface area contributed by atoms with Crippen LogP contribution in [0.5, 0.6) is 11.5 Å². The minimum absolute atomic E-state index is 0.0481. The second kappa shape index (κ2) is 11.9.